The highest BCUT2D eigenvalue weighted by atomic mass is 32.2. The Balaban J connectivity index is 5.90. The average Bonchev–Trinajstić information content (AvgIpc) is 2.37. The summed E-state index contributed by atoms with van der Waals surface area (Å²) in [6, 6.07) is -0.315. The van der Waals surface area contributed by atoms with Gasteiger partial charge in [-0.25, -0.2) is 8.42 Å². The number of nitrogens with zero attached hydrogens (tertiary/aromatic N) is 2. The fourth-order valence-corrected chi connectivity index (χ4v) is 4.29. The van der Waals surface area contributed by atoms with Gasteiger partial charge < -0.3 is 0 Å². The predicted octanol–water partition coefficient (Wildman–Crippen LogP) is 4.23. The van der Waals surface area contributed by atoms with E-state index in [4.69, 9.17) is 0 Å². The van der Waals surface area contributed by atoms with Crippen molar-refractivity contribution in [1.29, 1.82) is 0 Å². The molecule has 0 aromatic carbocycles. The average molecular weight is 403 g/mol. The maximum Gasteiger partial charge on any atom is 0.401 e. The van der Waals surface area contributed by atoms with E-state index < -0.39 is 28.3 Å². The van der Waals surface area contributed by atoms with Crippen LogP contribution in [-0.4, -0.2) is 61.8 Å². The predicted molar refractivity (Wildman–Crippen MR) is 102 cm³/mol. The van der Waals surface area contributed by atoms with Gasteiger partial charge in [-0.3, -0.25) is 4.90 Å². The van der Waals surface area contributed by atoms with Gasteiger partial charge in [0, 0.05) is 25.2 Å². The largest absolute Gasteiger partial charge is 0.401 e. The molecule has 0 saturated carbocycles. The van der Waals surface area contributed by atoms with Crippen molar-refractivity contribution in [2.75, 3.05) is 26.4 Å². The van der Waals surface area contributed by atoms with E-state index in [1.165, 1.54) is 16.3 Å². The van der Waals surface area contributed by atoms with Crippen molar-refractivity contribution < 1.29 is 21.6 Å². The number of hydrogen-bond donors (Lipinski definition) is 0. The Labute approximate surface area is 158 Å². The van der Waals surface area contributed by atoms with Crippen molar-refractivity contribution in [3.05, 3.63) is 0 Å². The Morgan fingerprint density at radius 2 is 1.38 bits per heavy atom. The van der Waals surface area contributed by atoms with Crippen molar-refractivity contribution in [2.24, 2.45) is 17.3 Å². The molecule has 0 saturated heterocycles. The summed E-state index contributed by atoms with van der Waals surface area (Å²) < 4.78 is 65.0. The normalized spacial score (nSPS) is 17.2. The first kappa shape index (κ1) is 25.7. The van der Waals surface area contributed by atoms with E-state index in [1.54, 1.807) is 20.8 Å². The molecule has 2 atom stereocenters. The lowest BCUT2D eigenvalue weighted by molar-refractivity contribution is -0.158. The molecule has 2 unspecified atom stereocenters. The monoisotopic (exact) mass is 402 g/mol. The molecule has 0 aliphatic rings. The van der Waals surface area contributed by atoms with Gasteiger partial charge in [0.1, 0.15) is 0 Å². The number of sulfonamides is 1. The standard InChI is InChI=1S/C18H37F3N2O2S/c1-13(2)15(17(7,8)22(9)26(10,24)25)11-23(12-18(19,20)21)14(3)16(4,5)6/h13-15H,11-12H2,1-10H3. The topological polar surface area (TPSA) is 40.6 Å². The summed E-state index contributed by atoms with van der Waals surface area (Å²) in [4.78, 5) is 1.45. The van der Waals surface area contributed by atoms with Crippen LogP contribution < -0.4 is 0 Å². The Morgan fingerprint density at radius 3 is 1.65 bits per heavy atom. The van der Waals surface area contributed by atoms with E-state index in [1.807, 2.05) is 34.6 Å². The van der Waals surface area contributed by atoms with E-state index in [-0.39, 0.29) is 29.8 Å². The molecule has 0 heterocycles. The zero-order valence-corrected chi connectivity index (χ0v) is 18.7. The molecule has 26 heavy (non-hydrogen) atoms. The van der Waals surface area contributed by atoms with Gasteiger partial charge in [-0.2, -0.15) is 17.5 Å². The molecule has 0 aliphatic heterocycles. The van der Waals surface area contributed by atoms with Crippen LogP contribution in [0.15, 0.2) is 0 Å². The van der Waals surface area contributed by atoms with Crippen LogP contribution in [0.1, 0.15) is 55.4 Å². The van der Waals surface area contributed by atoms with Crippen LogP contribution in [0, 0.1) is 17.3 Å². The lowest BCUT2D eigenvalue weighted by atomic mass is 9.78. The first-order chi connectivity index (χ1) is 11.2. The molecule has 0 rings (SSSR count). The van der Waals surface area contributed by atoms with Crippen LogP contribution in [0.25, 0.3) is 0 Å². The summed E-state index contributed by atoms with van der Waals surface area (Å²) >= 11 is 0. The van der Waals surface area contributed by atoms with Gasteiger partial charge in [0.15, 0.2) is 0 Å². The third-order valence-corrected chi connectivity index (χ3v) is 7.10. The van der Waals surface area contributed by atoms with E-state index in [0.717, 1.165) is 6.26 Å². The van der Waals surface area contributed by atoms with Crippen LogP contribution in [0.5, 0.6) is 0 Å². The van der Waals surface area contributed by atoms with Gasteiger partial charge in [0.05, 0.1) is 12.8 Å². The van der Waals surface area contributed by atoms with Crippen LogP contribution >= 0.6 is 0 Å². The molecule has 0 radical (unpaired) electrons. The Hall–Kier alpha value is -0.340. The van der Waals surface area contributed by atoms with Crippen LogP contribution in [0.4, 0.5) is 13.2 Å². The lowest BCUT2D eigenvalue weighted by Gasteiger charge is -2.47. The number of alkyl halides is 3. The van der Waals surface area contributed by atoms with Crippen molar-refractivity contribution in [2.45, 2.75) is 73.1 Å². The minimum atomic E-state index is -4.31. The maximum absolute atomic E-state index is 13.2. The molecular formula is C18H37F3N2O2S. The van der Waals surface area contributed by atoms with Gasteiger partial charge in [0.2, 0.25) is 10.0 Å². The SMILES string of the molecule is CC(C)C(CN(CC(F)(F)F)C(C)C(C)(C)C)C(C)(C)N(C)S(C)(=O)=O. The fourth-order valence-electron chi connectivity index (χ4n) is 3.30. The molecule has 0 spiro atoms. The van der Waals surface area contributed by atoms with Crippen molar-refractivity contribution in [1.82, 2.24) is 9.21 Å². The van der Waals surface area contributed by atoms with E-state index in [2.05, 4.69) is 0 Å². The summed E-state index contributed by atoms with van der Waals surface area (Å²) in [5.41, 5.74) is -1.15. The summed E-state index contributed by atoms with van der Waals surface area (Å²) in [5, 5.41) is 0. The van der Waals surface area contributed by atoms with Crippen molar-refractivity contribution in [3.8, 4) is 0 Å². The number of hydrogen-bond acceptors (Lipinski definition) is 3. The summed E-state index contributed by atoms with van der Waals surface area (Å²) in [7, 11) is -1.97. The molecule has 0 fully saturated rings. The highest BCUT2D eigenvalue weighted by molar-refractivity contribution is 7.88. The van der Waals surface area contributed by atoms with E-state index >= 15 is 0 Å². The molecule has 0 bridgehead atoms. The first-order valence-corrected chi connectivity index (χ1v) is 10.8. The molecule has 0 aromatic heterocycles. The molecule has 8 heteroatoms. The van der Waals surface area contributed by atoms with Gasteiger partial charge in [0.25, 0.3) is 0 Å². The van der Waals surface area contributed by atoms with Gasteiger partial charge in [-0.1, -0.05) is 34.6 Å². The molecule has 0 N–H and O–H groups in total. The molecule has 0 amide bonds. The minimum Gasteiger partial charge on any atom is -0.291 e. The maximum atomic E-state index is 13.2. The van der Waals surface area contributed by atoms with Gasteiger partial charge >= 0.3 is 6.18 Å². The van der Waals surface area contributed by atoms with Crippen molar-refractivity contribution in [3.63, 3.8) is 0 Å². The van der Waals surface area contributed by atoms with Crippen LogP contribution in [0.2, 0.25) is 0 Å². The second-order valence-electron chi connectivity index (χ2n) is 9.32. The zero-order chi connectivity index (χ0) is 21.3. The molecule has 4 nitrogen and oxygen atoms in total. The quantitative estimate of drug-likeness (QED) is 0.610. The summed E-state index contributed by atoms with van der Waals surface area (Å²) in [5.74, 6) is -0.258. The molecular weight excluding hydrogens is 365 g/mol. The van der Waals surface area contributed by atoms with E-state index in [0.29, 0.717) is 0 Å². The highest BCUT2D eigenvalue weighted by Gasteiger charge is 2.43. The van der Waals surface area contributed by atoms with Crippen molar-refractivity contribution >= 4 is 10.0 Å². The third-order valence-electron chi connectivity index (χ3n) is 5.64. The van der Waals surface area contributed by atoms with Crippen LogP contribution in [-0.2, 0) is 10.0 Å². The fraction of sp³-hybridized carbons (Fsp3) is 1.00. The van der Waals surface area contributed by atoms with Gasteiger partial charge in [-0.05, 0) is 38.0 Å². The lowest BCUT2D eigenvalue weighted by Crippen LogP contribution is -2.57. The Morgan fingerprint density at radius 1 is 0.962 bits per heavy atom. The Kier molecular flexibility index (Phi) is 8.24. The first-order valence-electron chi connectivity index (χ1n) is 8.96. The molecule has 0 aliphatic carbocycles. The Bertz CT molecular complexity index is 552. The number of halogens is 3. The second kappa shape index (κ2) is 8.35. The van der Waals surface area contributed by atoms with E-state index in [9.17, 15) is 21.6 Å². The molecule has 0 aromatic rings. The van der Waals surface area contributed by atoms with Gasteiger partial charge in [-0.15, -0.1) is 0 Å². The highest BCUT2D eigenvalue weighted by Crippen LogP contribution is 2.35. The minimum absolute atomic E-state index is 0.0112. The zero-order valence-electron chi connectivity index (χ0n) is 17.9. The third kappa shape index (κ3) is 7.35. The summed E-state index contributed by atoms with van der Waals surface area (Å²) in [6.07, 6.45) is -3.19. The smallest absolute Gasteiger partial charge is 0.291 e. The molecule has 158 valence electrons. The number of rotatable bonds is 8. The second-order valence-corrected chi connectivity index (χ2v) is 11.3. The summed E-state index contributed by atoms with van der Waals surface area (Å²) in [6.45, 7) is 14.1. The van der Waals surface area contributed by atoms with Crippen LogP contribution in [0.3, 0.4) is 0 Å².